The summed E-state index contributed by atoms with van der Waals surface area (Å²) in [6.07, 6.45) is 0.378. The van der Waals surface area contributed by atoms with Gasteiger partial charge in [0.15, 0.2) is 0 Å². The molecule has 0 spiro atoms. The second-order valence-electron chi connectivity index (χ2n) is 4.97. The monoisotopic (exact) mass is 330 g/mol. The van der Waals surface area contributed by atoms with Gasteiger partial charge in [0.1, 0.15) is 36.6 Å². The van der Waals surface area contributed by atoms with E-state index >= 15 is 0 Å². The van der Waals surface area contributed by atoms with Crippen molar-refractivity contribution in [2.24, 2.45) is 0 Å². The molecular weight excluding hydrogens is 315 g/mol. The minimum Gasteiger partial charge on any atom is -0.491 e. The maximum atomic E-state index is 12.8. The number of para-hydroxylation sites is 1. The minimum atomic E-state index is -0.856. The third kappa shape index (κ3) is 4.08. The van der Waals surface area contributed by atoms with Crippen LogP contribution in [0.25, 0.3) is 11.5 Å². The number of rotatable bonds is 7. The van der Waals surface area contributed by atoms with Crippen LogP contribution in [0.5, 0.6) is 11.5 Å². The summed E-state index contributed by atoms with van der Waals surface area (Å²) in [7, 11) is 0. The summed E-state index contributed by atoms with van der Waals surface area (Å²) < 4.78 is 29.0. The molecule has 0 bridgehead atoms. The first kappa shape index (κ1) is 15.9. The molecule has 0 aliphatic rings. The summed E-state index contributed by atoms with van der Waals surface area (Å²) in [5, 5.41) is 17.5. The molecule has 1 unspecified atom stereocenters. The van der Waals surface area contributed by atoms with E-state index in [1.165, 1.54) is 30.7 Å². The quantitative estimate of drug-likeness (QED) is 0.718. The number of aliphatic hydroxyl groups is 1. The molecule has 3 aromatic rings. The molecule has 0 fully saturated rings. The van der Waals surface area contributed by atoms with Gasteiger partial charge in [-0.2, -0.15) is 0 Å². The number of aromatic nitrogens is 2. The Morgan fingerprint density at radius 1 is 1.04 bits per heavy atom. The lowest BCUT2D eigenvalue weighted by Gasteiger charge is -2.14. The molecule has 6 nitrogen and oxygen atoms in total. The zero-order valence-corrected chi connectivity index (χ0v) is 12.6. The van der Waals surface area contributed by atoms with Crippen LogP contribution in [0.15, 0.2) is 59.3 Å². The number of hydrogen-bond donors (Lipinski definition) is 1. The molecule has 0 aliphatic carbocycles. The van der Waals surface area contributed by atoms with Crippen molar-refractivity contribution in [2.75, 3.05) is 13.2 Å². The SMILES string of the molecule is OC(COc1ccc(F)cc1)COc1ccccc1-c1nnco1. The molecule has 1 N–H and O–H groups in total. The van der Waals surface area contributed by atoms with Crippen LogP contribution in [0.4, 0.5) is 4.39 Å². The molecule has 124 valence electrons. The first-order valence-electron chi connectivity index (χ1n) is 7.27. The first-order chi connectivity index (χ1) is 11.7. The Bertz CT molecular complexity index is 763. The predicted molar refractivity (Wildman–Crippen MR) is 83.1 cm³/mol. The van der Waals surface area contributed by atoms with Crippen molar-refractivity contribution in [3.63, 3.8) is 0 Å². The van der Waals surface area contributed by atoms with Gasteiger partial charge in [-0.15, -0.1) is 10.2 Å². The Balaban J connectivity index is 1.55. The normalized spacial score (nSPS) is 11.9. The predicted octanol–water partition coefficient (Wildman–Crippen LogP) is 2.69. The third-order valence-electron chi connectivity index (χ3n) is 3.16. The van der Waals surface area contributed by atoms with E-state index in [1.54, 1.807) is 18.2 Å². The van der Waals surface area contributed by atoms with Crippen LogP contribution >= 0.6 is 0 Å². The molecule has 0 radical (unpaired) electrons. The van der Waals surface area contributed by atoms with Gasteiger partial charge in [-0.05, 0) is 36.4 Å². The molecule has 2 aromatic carbocycles. The Labute approximate surface area is 137 Å². The molecule has 1 aromatic heterocycles. The molecule has 1 atom stereocenters. The van der Waals surface area contributed by atoms with E-state index in [-0.39, 0.29) is 19.0 Å². The molecule has 0 saturated carbocycles. The van der Waals surface area contributed by atoms with Crippen LogP contribution in [-0.2, 0) is 0 Å². The van der Waals surface area contributed by atoms with Crippen LogP contribution in [0, 0.1) is 5.82 Å². The van der Waals surface area contributed by atoms with E-state index in [2.05, 4.69) is 10.2 Å². The number of ether oxygens (including phenoxy) is 2. The highest BCUT2D eigenvalue weighted by Crippen LogP contribution is 2.28. The van der Waals surface area contributed by atoms with Gasteiger partial charge in [0.2, 0.25) is 6.39 Å². The number of aliphatic hydroxyl groups excluding tert-OH is 1. The molecule has 0 aliphatic heterocycles. The second-order valence-corrected chi connectivity index (χ2v) is 4.97. The fourth-order valence-electron chi connectivity index (χ4n) is 2.02. The average molecular weight is 330 g/mol. The van der Waals surface area contributed by atoms with E-state index in [9.17, 15) is 9.50 Å². The van der Waals surface area contributed by atoms with Crippen molar-refractivity contribution in [3.05, 3.63) is 60.7 Å². The van der Waals surface area contributed by atoms with Crippen LogP contribution < -0.4 is 9.47 Å². The third-order valence-corrected chi connectivity index (χ3v) is 3.16. The Morgan fingerprint density at radius 2 is 1.79 bits per heavy atom. The Morgan fingerprint density at radius 3 is 2.54 bits per heavy atom. The summed E-state index contributed by atoms with van der Waals surface area (Å²) >= 11 is 0. The lowest BCUT2D eigenvalue weighted by atomic mass is 10.2. The largest absolute Gasteiger partial charge is 0.491 e. The van der Waals surface area contributed by atoms with Crippen molar-refractivity contribution >= 4 is 0 Å². The number of halogens is 1. The highest BCUT2D eigenvalue weighted by atomic mass is 19.1. The van der Waals surface area contributed by atoms with Crippen molar-refractivity contribution in [1.82, 2.24) is 10.2 Å². The van der Waals surface area contributed by atoms with E-state index in [0.717, 1.165) is 0 Å². The molecule has 24 heavy (non-hydrogen) atoms. The average Bonchev–Trinajstić information content (AvgIpc) is 3.14. The van der Waals surface area contributed by atoms with Gasteiger partial charge in [0.25, 0.3) is 5.89 Å². The summed E-state index contributed by atoms with van der Waals surface area (Å²) in [6, 6.07) is 12.7. The van der Waals surface area contributed by atoms with E-state index in [0.29, 0.717) is 23.0 Å². The number of nitrogens with zero attached hydrogens (tertiary/aromatic N) is 2. The van der Waals surface area contributed by atoms with E-state index in [1.807, 2.05) is 6.07 Å². The molecule has 0 saturated heterocycles. The first-order valence-corrected chi connectivity index (χ1v) is 7.27. The van der Waals surface area contributed by atoms with Gasteiger partial charge in [0.05, 0.1) is 5.56 Å². The van der Waals surface area contributed by atoms with Gasteiger partial charge in [-0.1, -0.05) is 12.1 Å². The van der Waals surface area contributed by atoms with E-state index < -0.39 is 6.10 Å². The Hall–Kier alpha value is -2.93. The summed E-state index contributed by atoms with van der Waals surface area (Å²) in [4.78, 5) is 0. The van der Waals surface area contributed by atoms with Crippen molar-refractivity contribution in [3.8, 4) is 23.0 Å². The molecule has 3 rings (SSSR count). The maximum absolute atomic E-state index is 12.8. The van der Waals surface area contributed by atoms with Gasteiger partial charge in [-0.25, -0.2) is 4.39 Å². The minimum absolute atomic E-state index is 0.0202. The standard InChI is InChI=1S/C17H15FN2O4/c18-12-5-7-14(8-6-12)22-9-13(21)10-23-16-4-2-1-3-15(16)17-20-19-11-24-17/h1-8,11,13,21H,9-10H2. The highest BCUT2D eigenvalue weighted by molar-refractivity contribution is 5.62. The van der Waals surface area contributed by atoms with Gasteiger partial charge in [-0.3, -0.25) is 0 Å². The molecular formula is C17H15FN2O4. The lowest BCUT2D eigenvalue weighted by molar-refractivity contribution is 0.0628. The zero-order chi connectivity index (χ0) is 16.8. The molecule has 0 amide bonds. The molecule has 7 heteroatoms. The number of hydrogen-bond acceptors (Lipinski definition) is 6. The summed E-state index contributed by atoms with van der Waals surface area (Å²) in [5.74, 6) is 0.982. The van der Waals surface area contributed by atoms with Gasteiger partial charge < -0.3 is 19.0 Å². The maximum Gasteiger partial charge on any atom is 0.251 e. The highest BCUT2D eigenvalue weighted by Gasteiger charge is 2.13. The van der Waals surface area contributed by atoms with Gasteiger partial charge >= 0.3 is 0 Å². The fraction of sp³-hybridized carbons (Fsp3) is 0.176. The van der Waals surface area contributed by atoms with Crippen molar-refractivity contribution in [1.29, 1.82) is 0 Å². The van der Waals surface area contributed by atoms with Crippen LogP contribution in [0.3, 0.4) is 0 Å². The van der Waals surface area contributed by atoms with Crippen LogP contribution in [-0.4, -0.2) is 34.6 Å². The van der Waals surface area contributed by atoms with Crippen molar-refractivity contribution < 1.29 is 23.4 Å². The summed E-state index contributed by atoms with van der Waals surface area (Å²) in [6.45, 7) is 0.0424. The topological polar surface area (TPSA) is 77.6 Å². The van der Waals surface area contributed by atoms with E-state index in [4.69, 9.17) is 13.9 Å². The molecule has 1 heterocycles. The lowest BCUT2D eigenvalue weighted by Crippen LogP contribution is -2.25. The summed E-state index contributed by atoms with van der Waals surface area (Å²) in [5.41, 5.74) is 0.640. The second kappa shape index (κ2) is 7.56. The van der Waals surface area contributed by atoms with Crippen molar-refractivity contribution in [2.45, 2.75) is 6.10 Å². The van der Waals surface area contributed by atoms with Gasteiger partial charge in [0, 0.05) is 0 Å². The van der Waals surface area contributed by atoms with Crippen LogP contribution in [0.1, 0.15) is 0 Å². The Kier molecular flexibility index (Phi) is 5.02. The fourth-order valence-corrected chi connectivity index (χ4v) is 2.02. The van der Waals surface area contributed by atoms with Crippen LogP contribution in [0.2, 0.25) is 0 Å². The zero-order valence-electron chi connectivity index (χ0n) is 12.6. The number of benzene rings is 2. The smallest absolute Gasteiger partial charge is 0.251 e.